The minimum Gasteiger partial charge on any atom is -0.455 e. The highest BCUT2D eigenvalue weighted by atomic mass is 16.3. The van der Waals surface area contributed by atoms with Crippen molar-refractivity contribution in [3.8, 4) is 27.9 Å². The molecule has 258 valence electrons. The van der Waals surface area contributed by atoms with Crippen molar-refractivity contribution in [1.82, 2.24) is 4.57 Å². The minimum absolute atomic E-state index is 0.883. The highest BCUT2D eigenvalue weighted by Gasteiger charge is 2.22. The molecule has 54 heavy (non-hydrogen) atoms. The van der Waals surface area contributed by atoms with Gasteiger partial charge in [-0.3, -0.25) is 0 Å². The lowest BCUT2D eigenvalue weighted by Gasteiger charge is -2.29. The molecule has 3 nitrogen and oxygen atoms in total. The van der Waals surface area contributed by atoms with Gasteiger partial charge in [0.25, 0.3) is 0 Å². The maximum Gasteiger partial charge on any atom is 0.143 e. The Bertz CT molecular complexity index is 2940. The number of rotatable bonds is 6. The number of aryl methyl sites for hydroxylation is 3. The van der Waals surface area contributed by atoms with Crippen molar-refractivity contribution in [3.63, 3.8) is 0 Å². The van der Waals surface area contributed by atoms with Gasteiger partial charge < -0.3 is 13.9 Å². The lowest BCUT2D eigenvalue weighted by molar-refractivity contribution is 0.670. The Hall–Kier alpha value is -6.84. The molecular weight excluding hydrogens is 657 g/mol. The number of aromatic nitrogens is 1. The quantitative estimate of drug-likeness (QED) is 0.173. The summed E-state index contributed by atoms with van der Waals surface area (Å²) in [7, 11) is 0. The molecule has 0 atom stereocenters. The van der Waals surface area contributed by atoms with Crippen LogP contribution in [0.2, 0.25) is 0 Å². The van der Waals surface area contributed by atoms with E-state index < -0.39 is 0 Å². The maximum atomic E-state index is 6.70. The van der Waals surface area contributed by atoms with Gasteiger partial charge in [0.2, 0.25) is 0 Å². The van der Waals surface area contributed by atoms with Crippen LogP contribution in [-0.4, -0.2) is 4.57 Å². The van der Waals surface area contributed by atoms with Gasteiger partial charge in [0.15, 0.2) is 0 Å². The smallest absolute Gasteiger partial charge is 0.143 e. The first-order valence-corrected chi connectivity index (χ1v) is 18.6. The van der Waals surface area contributed by atoms with Crippen LogP contribution in [0, 0.1) is 20.8 Å². The molecule has 10 rings (SSSR count). The van der Waals surface area contributed by atoms with Crippen LogP contribution in [0.4, 0.5) is 17.1 Å². The first-order chi connectivity index (χ1) is 26.5. The second kappa shape index (κ2) is 12.7. The molecule has 0 amide bonds. The molecule has 0 fully saturated rings. The minimum atomic E-state index is 0.883. The Morgan fingerprint density at radius 1 is 0.444 bits per heavy atom. The van der Waals surface area contributed by atoms with Crippen LogP contribution in [0.5, 0.6) is 0 Å². The molecule has 0 radical (unpaired) electrons. The Labute approximate surface area is 315 Å². The molecule has 0 unspecified atom stereocenters. The van der Waals surface area contributed by atoms with Crippen molar-refractivity contribution in [1.29, 1.82) is 0 Å². The lowest BCUT2D eigenvalue weighted by atomic mass is 9.94. The summed E-state index contributed by atoms with van der Waals surface area (Å²) >= 11 is 0. The van der Waals surface area contributed by atoms with Gasteiger partial charge in [0, 0.05) is 49.9 Å². The third-order valence-electron chi connectivity index (χ3n) is 10.9. The summed E-state index contributed by atoms with van der Waals surface area (Å²) in [4.78, 5) is 2.42. The van der Waals surface area contributed by atoms with E-state index in [1.54, 1.807) is 0 Å². The lowest BCUT2D eigenvalue weighted by Crippen LogP contribution is -2.12. The van der Waals surface area contributed by atoms with E-state index >= 15 is 0 Å². The molecule has 0 aliphatic rings. The maximum absolute atomic E-state index is 6.70. The van der Waals surface area contributed by atoms with Crippen LogP contribution >= 0.6 is 0 Å². The molecule has 0 N–H and O–H groups in total. The summed E-state index contributed by atoms with van der Waals surface area (Å²) in [5.41, 5.74) is 17.0. The van der Waals surface area contributed by atoms with E-state index in [0.717, 1.165) is 55.8 Å². The Kier molecular flexibility index (Phi) is 7.48. The van der Waals surface area contributed by atoms with E-state index in [2.05, 4.69) is 200 Å². The summed E-state index contributed by atoms with van der Waals surface area (Å²) in [5, 5.41) is 4.71. The molecule has 8 aromatic carbocycles. The summed E-state index contributed by atoms with van der Waals surface area (Å²) in [6, 6.07) is 63.3. The van der Waals surface area contributed by atoms with Gasteiger partial charge in [-0.05, 0) is 115 Å². The highest BCUT2D eigenvalue weighted by Crippen LogP contribution is 2.45. The van der Waals surface area contributed by atoms with Crippen LogP contribution in [0.1, 0.15) is 16.7 Å². The predicted molar refractivity (Wildman–Crippen MR) is 228 cm³/mol. The number of hydrogen-bond acceptors (Lipinski definition) is 2. The molecule has 0 aliphatic heterocycles. The molecule has 10 aromatic rings. The molecule has 0 spiro atoms. The number of fused-ring (bicyclic) bond motifs is 6. The largest absolute Gasteiger partial charge is 0.455 e. The average Bonchev–Trinajstić information content (AvgIpc) is 3.75. The van der Waals surface area contributed by atoms with Crippen molar-refractivity contribution in [3.05, 3.63) is 193 Å². The molecule has 0 bridgehead atoms. The normalized spacial score (nSPS) is 11.6. The summed E-state index contributed by atoms with van der Waals surface area (Å²) in [6.07, 6.45) is 0. The highest BCUT2D eigenvalue weighted by molar-refractivity contribution is 6.12. The Morgan fingerprint density at radius 3 is 1.70 bits per heavy atom. The summed E-state index contributed by atoms with van der Waals surface area (Å²) in [6.45, 7) is 6.65. The fraction of sp³-hybridized carbons (Fsp3) is 0.0588. The number of anilines is 3. The standard InChI is InChI=1S/C51H38N2O/c1-33-15-7-11-21-46(33)52(39-29-34(2)50(35(3)30-39)37-16-5-4-6-17-37)40-31-44(51-45(32-40)43-20-10-14-24-49(43)54-51)36-25-27-38(28-26-36)53-47-22-12-8-18-41(47)42-19-9-13-23-48(42)53/h4-32H,1-3H3. The molecule has 3 heteroatoms. The number of benzene rings is 8. The first-order valence-electron chi connectivity index (χ1n) is 18.6. The van der Waals surface area contributed by atoms with Gasteiger partial charge in [-0.25, -0.2) is 0 Å². The fourth-order valence-electron chi connectivity index (χ4n) is 8.52. The van der Waals surface area contributed by atoms with Gasteiger partial charge in [0.05, 0.1) is 11.0 Å². The summed E-state index contributed by atoms with van der Waals surface area (Å²) in [5.74, 6) is 0. The van der Waals surface area contributed by atoms with Crippen LogP contribution < -0.4 is 4.90 Å². The van der Waals surface area contributed by atoms with E-state index in [1.807, 2.05) is 6.07 Å². The number of furan rings is 1. The van der Waals surface area contributed by atoms with E-state index in [0.29, 0.717) is 0 Å². The van der Waals surface area contributed by atoms with Gasteiger partial charge in [-0.15, -0.1) is 0 Å². The molecule has 0 aliphatic carbocycles. The zero-order valence-electron chi connectivity index (χ0n) is 30.5. The predicted octanol–water partition coefficient (Wildman–Crippen LogP) is 14.4. The molecular formula is C51H38N2O. The molecule has 2 heterocycles. The van der Waals surface area contributed by atoms with Crippen LogP contribution in [0.25, 0.3) is 71.7 Å². The zero-order chi connectivity index (χ0) is 36.3. The summed E-state index contributed by atoms with van der Waals surface area (Å²) < 4.78 is 9.07. The topological polar surface area (TPSA) is 21.3 Å². The van der Waals surface area contributed by atoms with Gasteiger partial charge >= 0.3 is 0 Å². The van der Waals surface area contributed by atoms with Gasteiger partial charge in [0.1, 0.15) is 11.2 Å². The van der Waals surface area contributed by atoms with Gasteiger partial charge in [-0.2, -0.15) is 0 Å². The van der Waals surface area contributed by atoms with E-state index in [-0.39, 0.29) is 0 Å². The Morgan fingerprint density at radius 2 is 1.02 bits per heavy atom. The first kappa shape index (κ1) is 31.9. The van der Waals surface area contributed by atoms with Gasteiger partial charge in [-0.1, -0.05) is 115 Å². The molecule has 2 aromatic heterocycles. The van der Waals surface area contributed by atoms with Crippen molar-refractivity contribution >= 4 is 60.8 Å². The fourth-order valence-corrected chi connectivity index (χ4v) is 8.52. The third kappa shape index (κ3) is 5.12. The van der Waals surface area contributed by atoms with Crippen molar-refractivity contribution < 1.29 is 4.42 Å². The number of nitrogens with zero attached hydrogens (tertiary/aromatic N) is 2. The average molecular weight is 695 g/mol. The van der Waals surface area contributed by atoms with E-state index in [1.165, 1.54) is 49.6 Å². The van der Waals surface area contributed by atoms with E-state index in [9.17, 15) is 0 Å². The number of para-hydroxylation sites is 4. The molecule has 0 saturated heterocycles. The Balaban J connectivity index is 1.19. The SMILES string of the molecule is Cc1ccccc1N(c1cc(C)c(-c2ccccc2)c(C)c1)c1cc(-c2ccc(-n3c4ccccc4c4ccccc43)cc2)c2oc3ccccc3c2c1. The van der Waals surface area contributed by atoms with Crippen LogP contribution in [-0.2, 0) is 0 Å². The second-order valence-corrected chi connectivity index (χ2v) is 14.3. The van der Waals surface area contributed by atoms with Crippen LogP contribution in [0.15, 0.2) is 180 Å². The monoisotopic (exact) mass is 694 g/mol. The van der Waals surface area contributed by atoms with Crippen molar-refractivity contribution in [2.45, 2.75) is 20.8 Å². The van der Waals surface area contributed by atoms with E-state index in [4.69, 9.17) is 4.42 Å². The van der Waals surface area contributed by atoms with Crippen molar-refractivity contribution in [2.24, 2.45) is 0 Å². The van der Waals surface area contributed by atoms with Crippen LogP contribution in [0.3, 0.4) is 0 Å². The second-order valence-electron chi connectivity index (χ2n) is 14.3. The van der Waals surface area contributed by atoms with Crippen molar-refractivity contribution in [2.75, 3.05) is 4.90 Å². The number of hydrogen-bond donors (Lipinski definition) is 0. The molecule has 0 saturated carbocycles. The zero-order valence-corrected chi connectivity index (χ0v) is 30.5. The third-order valence-corrected chi connectivity index (χ3v) is 10.9.